The minimum absolute atomic E-state index is 0.00719. The second-order valence-electron chi connectivity index (χ2n) is 7.98. The van der Waals surface area contributed by atoms with Gasteiger partial charge in [0, 0.05) is 60.4 Å². The summed E-state index contributed by atoms with van der Waals surface area (Å²) >= 11 is 12.0. The Morgan fingerprint density at radius 1 is 1.12 bits per heavy atom. The molecule has 4 rings (SSSR count). The van der Waals surface area contributed by atoms with Crippen LogP contribution in [0.4, 0.5) is 10.5 Å². The number of nitrogens with one attached hydrogen (secondary N) is 2. The van der Waals surface area contributed by atoms with Gasteiger partial charge in [0.2, 0.25) is 0 Å². The van der Waals surface area contributed by atoms with Crippen molar-refractivity contribution in [2.75, 3.05) is 25.5 Å². The molecule has 9 heteroatoms. The zero-order valence-corrected chi connectivity index (χ0v) is 19.7. The summed E-state index contributed by atoms with van der Waals surface area (Å²) in [5.74, 6) is 0.703. The predicted molar refractivity (Wildman–Crippen MR) is 130 cm³/mol. The fourth-order valence-corrected chi connectivity index (χ4v) is 4.36. The van der Waals surface area contributed by atoms with E-state index in [0.29, 0.717) is 21.5 Å². The van der Waals surface area contributed by atoms with Crippen LogP contribution >= 0.6 is 23.2 Å². The lowest BCUT2D eigenvalue weighted by Crippen LogP contribution is -2.50. The Hall–Kier alpha value is -2.87. The summed E-state index contributed by atoms with van der Waals surface area (Å²) in [5.41, 5.74) is 2.64. The van der Waals surface area contributed by atoms with Crippen LogP contribution in [0.25, 0.3) is 0 Å². The highest BCUT2D eigenvalue weighted by atomic mass is 35.5. The van der Waals surface area contributed by atoms with Gasteiger partial charge in [-0.05, 0) is 54.4 Å². The third-order valence-electron chi connectivity index (χ3n) is 5.66. The average Bonchev–Trinajstić information content (AvgIpc) is 2.82. The molecule has 0 bridgehead atoms. The van der Waals surface area contributed by atoms with Crippen LogP contribution in [0.1, 0.15) is 23.6 Å². The standard InChI is InChI=1S/C24H25Cl2N5O2/c1-33-20-6-7-22(28-13-20)21-15-31(14-16-10-18(26)12-27-11-16)9-8-23(21)30-24(32)29-19-4-2-17(25)3-5-19/h2-7,10-13,21,23H,8-9,14-15H2,1H3,(H2,29,30,32)/t21-,23+/m0/s1. The Morgan fingerprint density at radius 3 is 2.64 bits per heavy atom. The molecular weight excluding hydrogens is 461 g/mol. The van der Waals surface area contributed by atoms with Crippen molar-refractivity contribution < 1.29 is 9.53 Å². The van der Waals surface area contributed by atoms with E-state index in [1.54, 1.807) is 43.8 Å². The van der Waals surface area contributed by atoms with Gasteiger partial charge in [-0.2, -0.15) is 0 Å². The highest BCUT2D eigenvalue weighted by Gasteiger charge is 2.32. The molecule has 0 radical (unpaired) electrons. The number of amides is 2. The number of hydrogen-bond acceptors (Lipinski definition) is 5. The molecule has 0 saturated carbocycles. The molecule has 2 N–H and O–H groups in total. The molecule has 0 spiro atoms. The zero-order chi connectivity index (χ0) is 23.2. The third kappa shape index (κ3) is 6.35. The maximum Gasteiger partial charge on any atom is 0.319 e. The molecule has 1 aliphatic heterocycles. The van der Waals surface area contributed by atoms with Gasteiger partial charge in [-0.15, -0.1) is 0 Å². The molecule has 1 aliphatic rings. The van der Waals surface area contributed by atoms with Crippen molar-refractivity contribution in [1.82, 2.24) is 20.2 Å². The number of piperidine rings is 1. The largest absolute Gasteiger partial charge is 0.495 e. The number of rotatable bonds is 6. The number of methoxy groups -OCH3 is 1. The number of carbonyl (C=O) groups is 1. The van der Waals surface area contributed by atoms with Crippen LogP contribution in [0, 0.1) is 0 Å². The molecule has 3 aromatic rings. The minimum atomic E-state index is -0.256. The number of ether oxygens (including phenoxy) is 1. The van der Waals surface area contributed by atoms with Crippen molar-refractivity contribution in [1.29, 1.82) is 0 Å². The quantitative estimate of drug-likeness (QED) is 0.514. The van der Waals surface area contributed by atoms with Gasteiger partial charge in [-0.1, -0.05) is 23.2 Å². The number of likely N-dealkylation sites (tertiary alicyclic amines) is 1. The van der Waals surface area contributed by atoms with Crippen LogP contribution in [0.2, 0.25) is 10.0 Å². The van der Waals surface area contributed by atoms with E-state index < -0.39 is 0 Å². The number of carbonyl (C=O) groups excluding carboxylic acids is 1. The van der Waals surface area contributed by atoms with Crippen molar-refractivity contribution in [2.24, 2.45) is 0 Å². The molecule has 1 fully saturated rings. The van der Waals surface area contributed by atoms with E-state index >= 15 is 0 Å². The highest BCUT2D eigenvalue weighted by Crippen LogP contribution is 2.28. The lowest BCUT2D eigenvalue weighted by atomic mass is 9.88. The van der Waals surface area contributed by atoms with Crippen molar-refractivity contribution >= 4 is 34.9 Å². The summed E-state index contributed by atoms with van der Waals surface area (Å²) in [6.07, 6.45) is 5.95. The highest BCUT2D eigenvalue weighted by molar-refractivity contribution is 6.30. The number of hydrogen-bond donors (Lipinski definition) is 2. The molecule has 1 saturated heterocycles. The molecule has 172 valence electrons. The zero-order valence-electron chi connectivity index (χ0n) is 18.2. The summed E-state index contributed by atoms with van der Waals surface area (Å²) in [6.45, 7) is 2.28. The first-order valence-corrected chi connectivity index (χ1v) is 11.4. The maximum atomic E-state index is 12.7. The molecule has 1 aromatic carbocycles. The third-order valence-corrected chi connectivity index (χ3v) is 6.12. The van der Waals surface area contributed by atoms with Gasteiger partial charge in [0.25, 0.3) is 0 Å². The van der Waals surface area contributed by atoms with Crippen molar-refractivity contribution in [3.8, 4) is 5.75 Å². The summed E-state index contributed by atoms with van der Waals surface area (Å²) in [4.78, 5) is 23.8. The molecule has 0 unspecified atom stereocenters. The van der Waals surface area contributed by atoms with Crippen molar-refractivity contribution in [3.05, 3.63) is 82.4 Å². The summed E-state index contributed by atoms with van der Waals surface area (Å²) < 4.78 is 5.25. The molecule has 33 heavy (non-hydrogen) atoms. The van der Waals surface area contributed by atoms with E-state index in [-0.39, 0.29) is 18.0 Å². The summed E-state index contributed by atoms with van der Waals surface area (Å²) in [5, 5.41) is 7.26. The smallest absolute Gasteiger partial charge is 0.319 e. The number of aromatic nitrogens is 2. The number of benzene rings is 1. The molecular formula is C24H25Cl2N5O2. The van der Waals surface area contributed by atoms with Crippen molar-refractivity contribution in [2.45, 2.75) is 24.9 Å². The van der Waals surface area contributed by atoms with Crippen LogP contribution in [-0.4, -0.2) is 47.1 Å². The Kier molecular flexibility index (Phi) is 7.65. The van der Waals surface area contributed by atoms with E-state index in [9.17, 15) is 4.79 Å². The molecule has 0 aliphatic carbocycles. The van der Waals surface area contributed by atoms with Gasteiger partial charge in [-0.3, -0.25) is 14.9 Å². The number of anilines is 1. The molecule has 2 amide bonds. The first-order chi connectivity index (χ1) is 16.0. The van der Waals surface area contributed by atoms with Gasteiger partial charge in [0.1, 0.15) is 5.75 Å². The molecule has 3 heterocycles. The van der Waals surface area contributed by atoms with Gasteiger partial charge >= 0.3 is 6.03 Å². The Bertz CT molecular complexity index is 1080. The number of halogens is 2. The molecule has 2 aromatic heterocycles. The summed E-state index contributed by atoms with van der Waals surface area (Å²) in [7, 11) is 1.61. The molecule has 7 nitrogen and oxygen atoms in total. The van der Waals surface area contributed by atoms with E-state index in [4.69, 9.17) is 27.9 Å². The normalized spacial score (nSPS) is 18.5. The lowest BCUT2D eigenvalue weighted by Gasteiger charge is -2.38. The van der Waals surface area contributed by atoms with E-state index in [0.717, 1.165) is 37.3 Å². The predicted octanol–water partition coefficient (Wildman–Crippen LogP) is 4.97. The average molecular weight is 486 g/mol. The Balaban J connectivity index is 1.48. The maximum absolute atomic E-state index is 12.7. The first-order valence-electron chi connectivity index (χ1n) is 10.6. The second kappa shape index (κ2) is 10.8. The monoisotopic (exact) mass is 485 g/mol. The summed E-state index contributed by atoms with van der Waals surface area (Å²) in [6, 6.07) is 12.5. The fraction of sp³-hybridized carbons (Fsp3) is 0.292. The lowest BCUT2D eigenvalue weighted by molar-refractivity contribution is 0.166. The van der Waals surface area contributed by atoms with Gasteiger partial charge < -0.3 is 15.4 Å². The van der Waals surface area contributed by atoms with E-state index in [1.165, 1.54) is 0 Å². The Morgan fingerprint density at radius 2 is 1.94 bits per heavy atom. The van der Waals surface area contributed by atoms with E-state index in [1.807, 2.05) is 24.4 Å². The van der Waals surface area contributed by atoms with Gasteiger partial charge in [0.15, 0.2) is 0 Å². The number of nitrogens with zero attached hydrogens (tertiary/aromatic N) is 3. The fourth-order valence-electron chi connectivity index (χ4n) is 4.04. The SMILES string of the molecule is COc1ccc([C@@H]2CN(Cc3cncc(Cl)c3)CC[C@H]2NC(=O)Nc2ccc(Cl)cc2)nc1. The van der Waals surface area contributed by atoms with Gasteiger partial charge in [0.05, 0.1) is 18.3 Å². The minimum Gasteiger partial charge on any atom is -0.495 e. The number of pyridine rings is 2. The molecule has 2 atom stereocenters. The van der Waals surface area contributed by atoms with Crippen LogP contribution in [0.3, 0.4) is 0 Å². The van der Waals surface area contributed by atoms with E-state index in [2.05, 4.69) is 25.5 Å². The van der Waals surface area contributed by atoms with Crippen LogP contribution in [-0.2, 0) is 6.54 Å². The van der Waals surface area contributed by atoms with Crippen molar-refractivity contribution in [3.63, 3.8) is 0 Å². The topological polar surface area (TPSA) is 79.4 Å². The Labute approximate surface area is 203 Å². The van der Waals surface area contributed by atoms with Crippen LogP contribution in [0.5, 0.6) is 5.75 Å². The second-order valence-corrected chi connectivity index (χ2v) is 8.85. The number of urea groups is 1. The van der Waals surface area contributed by atoms with Crippen LogP contribution < -0.4 is 15.4 Å². The first kappa shape index (κ1) is 23.3. The van der Waals surface area contributed by atoms with Crippen LogP contribution in [0.15, 0.2) is 61.1 Å². The van der Waals surface area contributed by atoms with Gasteiger partial charge in [-0.25, -0.2) is 4.79 Å².